The predicted molar refractivity (Wildman–Crippen MR) is 68.0 cm³/mol. The van der Waals surface area contributed by atoms with E-state index < -0.39 is 0 Å². The standard InChI is InChI=1S/C11H20N4S/c1-9(2)12-7-10-5-3-4-6-15(10)11-14-13-8-16-11/h8-10,12H,3-7H2,1-2H3. The molecular weight excluding hydrogens is 220 g/mol. The Bertz CT molecular complexity index is 299. The quantitative estimate of drug-likeness (QED) is 0.872. The van der Waals surface area contributed by atoms with Crippen LogP contribution < -0.4 is 10.2 Å². The molecule has 1 saturated heterocycles. The van der Waals surface area contributed by atoms with E-state index in [2.05, 4.69) is 34.3 Å². The van der Waals surface area contributed by atoms with Gasteiger partial charge < -0.3 is 10.2 Å². The topological polar surface area (TPSA) is 41.0 Å². The fraction of sp³-hybridized carbons (Fsp3) is 0.818. The summed E-state index contributed by atoms with van der Waals surface area (Å²) in [6.45, 7) is 6.56. The lowest BCUT2D eigenvalue weighted by Gasteiger charge is -2.35. The molecule has 0 spiro atoms. The molecule has 2 rings (SSSR count). The summed E-state index contributed by atoms with van der Waals surface area (Å²) in [6, 6.07) is 1.14. The van der Waals surface area contributed by atoms with Crippen molar-refractivity contribution in [1.82, 2.24) is 15.5 Å². The van der Waals surface area contributed by atoms with Gasteiger partial charge in [-0.15, -0.1) is 10.2 Å². The van der Waals surface area contributed by atoms with Gasteiger partial charge in [-0.1, -0.05) is 25.2 Å². The van der Waals surface area contributed by atoms with E-state index in [4.69, 9.17) is 0 Å². The van der Waals surface area contributed by atoms with E-state index in [0.717, 1.165) is 18.2 Å². The molecule has 1 aromatic rings. The van der Waals surface area contributed by atoms with Crippen molar-refractivity contribution in [3.63, 3.8) is 0 Å². The average Bonchev–Trinajstić information content (AvgIpc) is 2.80. The van der Waals surface area contributed by atoms with Gasteiger partial charge in [-0.3, -0.25) is 0 Å². The maximum absolute atomic E-state index is 4.18. The number of hydrogen-bond donors (Lipinski definition) is 1. The van der Waals surface area contributed by atoms with E-state index in [0.29, 0.717) is 12.1 Å². The van der Waals surface area contributed by atoms with E-state index in [1.165, 1.54) is 19.3 Å². The van der Waals surface area contributed by atoms with Gasteiger partial charge in [-0.25, -0.2) is 0 Å². The molecule has 1 aromatic heterocycles. The van der Waals surface area contributed by atoms with Crippen LogP contribution in [0.25, 0.3) is 0 Å². The summed E-state index contributed by atoms with van der Waals surface area (Å²) < 4.78 is 0. The van der Waals surface area contributed by atoms with Crippen molar-refractivity contribution in [3.05, 3.63) is 5.51 Å². The van der Waals surface area contributed by atoms with Crippen molar-refractivity contribution in [2.24, 2.45) is 0 Å². The average molecular weight is 240 g/mol. The first-order chi connectivity index (χ1) is 7.77. The third kappa shape index (κ3) is 2.92. The Balaban J connectivity index is 1.97. The maximum atomic E-state index is 4.18. The highest BCUT2D eigenvalue weighted by molar-refractivity contribution is 7.13. The summed E-state index contributed by atoms with van der Waals surface area (Å²) in [5, 5.41) is 12.7. The Labute approximate surface area is 101 Å². The highest BCUT2D eigenvalue weighted by Gasteiger charge is 2.24. The summed E-state index contributed by atoms with van der Waals surface area (Å²) >= 11 is 1.64. The second kappa shape index (κ2) is 5.59. The highest BCUT2D eigenvalue weighted by atomic mass is 32.1. The van der Waals surface area contributed by atoms with Crippen molar-refractivity contribution >= 4 is 16.5 Å². The first-order valence-corrected chi connectivity index (χ1v) is 6.91. The predicted octanol–water partition coefficient (Wildman–Crippen LogP) is 1.89. The molecule has 2 heterocycles. The van der Waals surface area contributed by atoms with Gasteiger partial charge in [0.2, 0.25) is 5.13 Å². The van der Waals surface area contributed by atoms with Gasteiger partial charge >= 0.3 is 0 Å². The number of rotatable bonds is 4. The van der Waals surface area contributed by atoms with Gasteiger partial charge in [0.1, 0.15) is 5.51 Å². The molecule has 1 N–H and O–H groups in total. The minimum absolute atomic E-state index is 0.554. The molecule has 4 nitrogen and oxygen atoms in total. The minimum Gasteiger partial charge on any atom is -0.342 e. The molecule has 1 aliphatic heterocycles. The number of anilines is 1. The fourth-order valence-electron chi connectivity index (χ4n) is 2.13. The van der Waals surface area contributed by atoms with Crippen LogP contribution in [0.1, 0.15) is 33.1 Å². The molecule has 0 aromatic carbocycles. The molecule has 0 bridgehead atoms. The smallest absolute Gasteiger partial charge is 0.208 e. The third-order valence-corrected chi connectivity index (χ3v) is 3.71. The van der Waals surface area contributed by atoms with E-state index in [-0.39, 0.29) is 0 Å². The lowest BCUT2D eigenvalue weighted by atomic mass is 10.0. The van der Waals surface area contributed by atoms with Crippen molar-refractivity contribution < 1.29 is 0 Å². The summed E-state index contributed by atoms with van der Waals surface area (Å²) in [5.74, 6) is 0. The van der Waals surface area contributed by atoms with Crippen molar-refractivity contribution in [3.8, 4) is 0 Å². The molecule has 1 fully saturated rings. The van der Waals surface area contributed by atoms with E-state index >= 15 is 0 Å². The molecule has 0 radical (unpaired) electrons. The third-order valence-electron chi connectivity index (χ3n) is 2.98. The Morgan fingerprint density at radius 3 is 3.12 bits per heavy atom. The molecule has 0 aliphatic carbocycles. The highest BCUT2D eigenvalue weighted by Crippen LogP contribution is 2.25. The Morgan fingerprint density at radius 2 is 2.44 bits per heavy atom. The largest absolute Gasteiger partial charge is 0.342 e. The zero-order valence-electron chi connectivity index (χ0n) is 10.0. The number of hydrogen-bond acceptors (Lipinski definition) is 5. The Hall–Kier alpha value is -0.680. The van der Waals surface area contributed by atoms with Crippen LogP contribution in [-0.4, -0.2) is 35.4 Å². The maximum Gasteiger partial charge on any atom is 0.208 e. The molecule has 1 atom stereocenters. The van der Waals surface area contributed by atoms with E-state index in [1.54, 1.807) is 11.3 Å². The minimum atomic E-state index is 0.554. The van der Waals surface area contributed by atoms with Gasteiger partial charge in [0.25, 0.3) is 0 Å². The summed E-state index contributed by atoms with van der Waals surface area (Å²) in [5.41, 5.74) is 1.82. The van der Waals surface area contributed by atoms with Crippen LogP contribution in [0.5, 0.6) is 0 Å². The van der Waals surface area contributed by atoms with Crippen LogP contribution in [0, 0.1) is 0 Å². The number of nitrogens with one attached hydrogen (secondary N) is 1. The molecule has 1 unspecified atom stereocenters. The van der Waals surface area contributed by atoms with Gasteiger partial charge in [-0.05, 0) is 19.3 Å². The van der Waals surface area contributed by atoms with Gasteiger partial charge in [0, 0.05) is 25.2 Å². The van der Waals surface area contributed by atoms with Crippen LogP contribution >= 0.6 is 11.3 Å². The fourth-order valence-corrected chi connectivity index (χ4v) is 2.79. The molecule has 90 valence electrons. The summed E-state index contributed by atoms with van der Waals surface area (Å²) in [7, 11) is 0. The van der Waals surface area contributed by atoms with E-state index in [9.17, 15) is 0 Å². The van der Waals surface area contributed by atoms with Crippen LogP contribution in [0.4, 0.5) is 5.13 Å². The number of nitrogens with zero attached hydrogens (tertiary/aromatic N) is 3. The van der Waals surface area contributed by atoms with Crippen LogP contribution in [-0.2, 0) is 0 Å². The molecule has 1 aliphatic rings. The SMILES string of the molecule is CC(C)NCC1CCCCN1c1nncs1. The zero-order chi connectivity index (χ0) is 11.4. The first-order valence-electron chi connectivity index (χ1n) is 6.03. The summed E-state index contributed by atoms with van der Waals surface area (Å²) in [4.78, 5) is 2.41. The van der Waals surface area contributed by atoms with Crippen molar-refractivity contribution in [2.75, 3.05) is 18.0 Å². The number of piperidine rings is 1. The second-order valence-corrected chi connectivity index (χ2v) is 5.44. The van der Waals surface area contributed by atoms with Gasteiger partial charge in [-0.2, -0.15) is 0 Å². The van der Waals surface area contributed by atoms with E-state index in [1.807, 2.05) is 5.51 Å². The zero-order valence-corrected chi connectivity index (χ0v) is 10.8. The molecular formula is C11H20N4S. The monoisotopic (exact) mass is 240 g/mol. The van der Waals surface area contributed by atoms with Gasteiger partial charge in [0.15, 0.2) is 0 Å². The van der Waals surface area contributed by atoms with Crippen LogP contribution in [0.3, 0.4) is 0 Å². The van der Waals surface area contributed by atoms with Crippen molar-refractivity contribution in [2.45, 2.75) is 45.2 Å². The molecule has 16 heavy (non-hydrogen) atoms. The molecule has 5 heteroatoms. The lowest BCUT2D eigenvalue weighted by Crippen LogP contribution is -2.46. The van der Waals surface area contributed by atoms with Crippen molar-refractivity contribution in [1.29, 1.82) is 0 Å². The van der Waals surface area contributed by atoms with Gasteiger partial charge in [0.05, 0.1) is 0 Å². The molecule has 0 amide bonds. The Morgan fingerprint density at radius 1 is 1.56 bits per heavy atom. The van der Waals surface area contributed by atoms with Crippen LogP contribution in [0.2, 0.25) is 0 Å². The lowest BCUT2D eigenvalue weighted by molar-refractivity contribution is 0.420. The van der Waals surface area contributed by atoms with Crippen LogP contribution in [0.15, 0.2) is 5.51 Å². The second-order valence-electron chi connectivity index (χ2n) is 4.63. The number of aromatic nitrogens is 2. The summed E-state index contributed by atoms with van der Waals surface area (Å²) in [6.07, 6.45) is 3.87. The first kappa shape index (κ1) is 11.8. The Kier molecular flexibility index (Phi) is 4.12. The normalized spacial score (nSPS) is 21.7. The molecule has 0 saturated carbocycles.